The van der Waals surface area contributed by atoms with Crippen molar-refractivity contribution in [1.29, 1.82) is 0 Å². The third-order valence-electron chi connectivity index (χ3n) is 2.50. The fourth-order valence-corrected chi connectivity index (χ4v) is 2.56. The average molecular weight is 292 g/mol. The minimum Gasteiger partial charge on any atom is -0.480 e. The molecule has 1 aromatic carbocycles. The first kappa shape index (κ1) is 14.0. The van der Waals surface area contributed by atoms with Crippen molar-refractivity contribution in [2.45, 2.75) is 0 Å². The number of thiophene rings is 1. The SMILES string of the molecule is O=C(O)CNC(=O)CNC(=O)c1cc2ccccc2s1. The second-order valence-corrected chi connectivity index (χ2v) is 5.09. The van der Waals surface area contributed by atoms with Gasteiger partial charge in [0, 0.05) is 4.70 Å². The molecular formula is C13H12N2O4S. The van der Waals surface area contributed by atoms with Crippen molar-refractivity contribution in [2.75, 3.05) is 13.1 Å². The molecule has 0 fully saturated rings. The summed E-state index contributed by atoms with van der Waals surface area (Å²) in [5, 5.41) is 14.0. The molecule has 0 aliphatic carbocycles. The van der Waals surface area contributed by atoms with Gasteiger partial charge in [0.25, 0.3) is 5.91 Å². The van der Waals surface area contributed by atoms with Gasteiger partial charge in [0.15, 0.2) is 0 Å². The van der Waals surface area contributed by atoms with Crippen molar-refractivity contribution >= 4 is 39.2 Å². The van der Waals surface area contributed by atoms with Crippen LogP contribution in [0.3, 0.4) is 0 Å². The topological polar surface area (TPSA) is 95.5 Å². The first-order chi connectivity index (χ1) is 9.56. The Morgan fingerprint density at radius 2 is 1.85 bits per heavy atom. The molecule has 6 nitrogen and oxygen atoms in total. The van der Waals surface area contributed by atoms with Gasteiger partial charge in [0.05, 0.1) is 11.4 Å². The van der Waals surface area contributed by atoms with Gasteiger partial charge in [0.1, 0.15) is 6.54 Å². The second-order valence-electron chi connectivity index (χ2n) is 4.00. The zero-order valence-electron chi connectivity index (χ0n) is 10.4. The highest BCUT2D eigenvalue weighted by Crippen LogP contribution is 2.24. The Morgan fingerprint density at radius 3 is 2.55 bits per heavy atom. The fourth-order valence-electron chi connectivity index (χ4n) is 1.58. The summed E-state index contributed by atoms with van der Waals surface area (Å²) in [6.45, 7) is -0.710. The van der Waals surface area contributed by atoms with Crippen LogP contribution in [0.5, 0.6) is 0 Å². The van der Waals surface area contributed by atoms with Crippen LogP contribution in [0.2, 0.25) is 0 Å². The molecule has 7 heteroatoms. The summed E-state index contributed by atoms with van der Waals surface area (Å²) in [5.41, 5.74) is 0. The summed E-state index contributed by atoms with van der Waals surface area (Å²) >= 11 is 1.34. The van der Waals surface area contributed by atoms with E-state index in [0.29, 0.717) is 4.88 Å². The van der Waals surface area contributed by atoms with Gasteiger partial charge in [-0.05, 0) is 17.5 Å². The van der Waals surface area contributed by atoms with Crippen LogP contribution in [0.1, 0.15) is 9.67 Å². The van der Waals surface area contributed by atoms with Gasteiger partial charge in [-0.2, -0.15) is 0 Å². The number of hydrogen-bond donors (Lipinski definition) is 3. The summed E-state index contributed by atoms with van der Waals surface area (Å²) in [4.78, 5) is 33.9. The van der Waals surface area contributed by atoms with Gasteiger partial charge < -0.3 is 15.7 Å². The number of carbonyl (C=O) groups excluding carboxylic acids is 2. The molecule has 1 aromatic heterocycles. The number of aliphatic carboxylic acids is 1. The van der Waals surface area contributed by atoms with E-state index in [-0.39, 0.29) is 12.5 Å². The minimum atomic E-state index is -1.13. The highest BCUT2D eigenvalue weighted by atomic mass is 32.1. The number of benzene rings is 1. The summed E-state index contributed by atoms with van der Waals surface area (Å²) < 4.78 is 0.993. The van der Waals surface area contributed by atoms with E-state index < -0.39 is 18.4 Å². The predicted molar refractivity (Wildman–Crippen MR) is 74.8 cm³/mol. The van der Waals surface area contributed by atoms with E-state index in [1.165, 1.54) is 11.3 Å². The van der Waals surface area contributed by atoms with Crippen LogP contribution in [0.25, 0.3) is 10.1 Å². The normalized spacial score (nSPS) is 10.2. The zero-order chi connectivity index (χ0) is 14.5. The Labute approximate surface area is 118 Å². The van der Waals surface area contributed by atoms with Gasteiger partial charge in [-0.1, -0.05) is 18.2 Å². The number of carboxylic acid groups (broad SMARTS) is 1. The number of nitrogens with one attached hydrogen (secondary N) is 2. The molecule has 2 rings (SSSR count). The Hall–Kier alpha value is -2.41. The summed E-state index contributed by atoms with van der Waals surface area (Å²) in [6.07, 6.45) is 0. The van der Waals surface area contributed by atoms with Crippen LogP contribution < -0.4 is 10.6 Å². The molecule has 0 atom stereocenters. The van der Waals surface area contributed by atoms with Crippen LogP contribution in [0.15, 0.2) is 30.3 Å². The molecule has 0 saturated heterocycles. The molecule has 3 N–H and O–H groups in total. The Bertz CT molecular complexity index is 632. The van der Waals surface area contributed by atoms with Crippen molar-refractivity contribution in [3.05, 3.63) is 35.2 Å². The minimum absolute atomic E-state index is 0.250. The maximum atomic E-state index is 11.9. The lowest BCUT2D eigenvalue weighted by molar-refractivity contribution is -0.137. The van der Waals surface area contributed by atoms with E-state index in [1.807, 2.05) is 24.3 Å². The van der Waals surface area contributed by atoms with E-state index in [9.17, 15) is 14.4 Å². The summed E-state index contributed by atoms with van der Waals surface area (Å²) in [6, 6.07) is 9.35. The number of rotatable bonds is 5. The third-order valence-corrected chi connectivity index (χ3v) is 3.61. The standard InChI is InChI=1S/C13H12N2O4S/c16-11(14-7-12(17)18)6-15-13(19)10-5-8-3-1-2-4-9(8)20-10/h1-5H,6-7H2,(H,14,16)(H,15,19)(H,17,18). The lowest BCUT2D eigenvalue weighted by Gasteiger charge is -2.03. The number of fused-ring (bicyclic) bond motifs is 1. The zero-order valence-corrected chi connectivity index (χ0v) is 11.2. The van der Waals surface area contributed by atoms with E-state index in [1.54, 1.807) is 6.07 Å². The Balaban J connectivity index is 1.91. The summed E-state index contributed by atoms with van der Waals surface area (Å²) in [5.74, 6) is -2.02. The van der Waals surface area contributed by atoms with Crippen LogP contribution in [-0.2, 0) is 9.59 Å². The molecule has 2 amide bonds. The Kier molecular flexibility index (Phi) is 4.31. The van der Waals surface area contributed by atoms with Gasteiger partial charge in [-0.25, -0.2) is 0 Å². The monoisotopic (exact) mass is 292 g/mol. The van der Waals surface area contributed by atoms with Gasteiger partial charge in [-0.3, -0.25) is 14.4 Å². The van der Waals surface area contributed by atoms with Crippen LogP contribution in [0.4, 0.5) is 0 Å². The van der Waals surface area contributed by atoms with E-state index in [0.717, 1.165) is 10.1 Å². The predicted octanol–water partition coefficient (Wildman–Crippen LogP) is 0.832. The molecule has 0 spiro atoms. The number of carbonyl (C=O) groups is 3. The molecule has 104 valence electrons. The highest BCUT2D eigenvalue weighted by molar-refractivity contribution is 7.20. The smallest absolute Gasteiger partial charge is 0.322 e. The molecule has 0 aliphatic heterocycles. The van der Waals surface area contributed by atoms with E-state index in [4.69, 9.17) is 5.11 Å². The average Bonchev–Trinajstić information content (AvgIpc) is 2.86. The summed E-state index contributed by atoms with van der Waals surface area (Å²) in [7, 11) is 0. The molecule has 0 bridgehead atoms. The van der Waals surface area contributed by atoms with Crippen molar-refractivity contribution < 1.29 is 19.5 Å². The van der Waals surface area contributed by atoms with Crippen molar-refractivity contribution in [2.24, 2.45) is 0 Å². The molecule has 2 aromatic rings. The maximum absolute atomic E-state index is 11.9. The number of hydrogen-bond acceptors (Lipinski definition) is 4. The van der Waals surface area contributed by atoms with Crippen molar-refractivity contribution in [3.63, 3.8) is 0 Å². The fraction of sp³-hybridized carbons (Fsp3) is 0.154. The Morgan fingerprint density at radius 1 is 1.10 bits per heavy atom. The second kappa shape index (κ2) is 6.16. The number of carboxylic acids is 1. The first-order valence-electron chi connectivity index (χ1n) is 5.81. The van der Waals surface area contributed by atoms with Crippen molar-refractivity contribution in [3.8, 4) is 0 Å². The number of amides is 2. The van der Waals surface area contributed by atoms with Gasteiger partial charge >= 0.3 is 5.97 Å². The molecule has 0 aliphatic rings. The van der Waals surface area contributed by atoms with Crippen molar-refractivity contribution in [1.82, 2.24) is 10.6 Å². The van der Waals surface area contributed by atoms with E-state index in [2.05, 4.69) is 10.6 Å². The molecule has 0 saturated carbocycles. The molecule has 1 heterocycles. The lowest BCUT2D eigenvalue weighted by Crippen LogP contribution is -2.38. The van der Waals surface area contributed by atoms with E-state index >= 15 is 0 Å². The molecule has 20 heavy (non-hydrogen) atoms. The van der Waals surface area contributed by atoms with Crippen LogP contribution in [0, 0.1) is 0 Å². The third kappa shape index (κ3) is 3.55. The van der Waals surface area contributed by atoms with Gasteiger partial charge in [-0.15, -0.1) is 11.3 Å². The highest BCUT2D eigenvalue weighted by Gasteiger charge is 2.11. The van der Waals surface area contributed by atoms with Crippen LogP contribution >= 0.6 is 11.3 Å². The lowest BCUT2D eigenvalue weighted by atomic mass is 10.2. The molecule has 0 unspecified atom stereocenters. The van der Waals surface area contributed by atoms with Crippen LogP contribution in [-0.4, -0.2) is 36.0 Å². The molecular weight excluding hydrogens is 280 g/mol. The maximum Gasteiger partial charge on any atom is 0.322 e. The molecule has 0 radical (unpaired) electrons. The van der Waals surface area contributed by atoms with Gasteiger partial charge in [0.2, 0.25) is 5.91 Å². The quantitative estimate of drug-likeness (QED) is 0.760. The largest absolute Gasteiger partial charge is 0.480 e. The first-order valence-corrected chi connectivity index (χ1v) is 6.63.